The fourth-order valence-electron chi connectivity index (χ4n) is 5.58. The third kappa shape index (κ3) is 6.59. The van der Waals surface area contributed by atoms with E-state index in [0.717, 1.165) is 34.4 Å². The first-order valence-electron chi connectivity index (χ1n) is 14.2. The quantitative estimate of drug-likeness (QED) is 0.149. The molecule has 2 N–H and O–H groups in total. The number of nitrogens with zero attached hydrogens (tertiary/aromatic N) is 2. The maximum absolute atomic E-state index is 14.0. The number of carbonyl (C=O) groups is 2. The number of ether oxygens (including phenoxy) is 1. The summed E-state index contributed by atoms with van der Waals surface area (Å²) in [7, 11) is -4.78. The van der Waals surface area contributed by atoms with Gasteiger partial charge >= 0.3 is 12.1 Å². The van der Waals surface area contributed by atoms with Crippen molar-refractivity contribution in [2.24, 2.45) is 0 Å². The Hall–Kier alpha value is -5.01. The Balaban J connectivity index is 1.39. The van der Waals surface area contributed by atoms with Gasteiger partial charge in [-0.15, -0.1) is 0 Å². The van der Waals surface area contributed by atoms with Gasteiger partial charge in [-0.1, -0.05) is 67.6 Å². The zero-order valence-corrected chi connectivity index (χ0v) is 25.1. The lowest BCUT2D eigenvalue weighted by molar-refractivity contribution is -0.387. The van der Waals surface area contributed by atoms with Gasteiger partial charge in [-0.3, -0.25) is 14.9 Å². The number of rotatable bonds is 13. The van der Waals surface area contributed by atoms with Crippen molar-refractivity contribution in [3.05, 3.63) is 118 Å². The molecule has 234 valence electrons. The van der Waals surface area contributed by atoms with Gasteiger partial charge in [-0.25, -0.2) is 13.2 Å². The van der Waals surface area contributed by atoms with Crippen LogP contribution in [0.5, 0.6) is 0 Å². The molecule has 45 heavy (non-hydrogen) atoms. The number of amides is 1. The van der Waals surface area contributed by atoms with Gasteiger partial charge in [0.1, 0.15) is 18.4 Å². The van der Waals surface area contributed by atoms with Crippen molar-refractivity contribution in [3.63, 3.8) is 0 Å². The van der Waals surface area contributed by atoms with Gasteiger partial charge in [0.2, 0.25) is 0 Å². The van der Waals surface area contributed by atoms with E-state index in [-0.39, 0.29) is 31.1 Å². The number of aliphatic carboxylic acids is 1. The number of nitrogens with one attached hydrogen (secondary N) is 1. The number of nitro benzene ring substituents is 1. The molecule has 0 saturated heterocycles. The molecular formula is C32H31N3O9S. The molecule has 0 aliphatic heterocycles. The molecule has 0 saturated carbocycles. The SMILES string of the molecule is CCC(CN(C(Cc1ccco1)C(=O)O)S(=O)(=O)c1ccccc1[N+](=O)[O-])NC(=O)OCC1c2ccccc2-c2ccccc21. The minimum atomic E-state index is -4.78. The number of carboxylic acids is 1. The van der Waals surface area contributed by atoms with Crippen molar-refractivity contribution in [1.82, 2.24) is 9.62 Å². The van der Waals surface area contributed by atoms with Crippen molar-refractivity contribution in [1.29, 1.82) is 0 Å². The van der Waals surface area contributed by atoms with E-state index in [2.05, 4.69) is 5.32 Å². The lowest BCUT2D eigenvalue weighted by Crippen LogP contribution is -2.52. The summed E-state index contributed by atoms with van der Waals surface area (Å²) in [4.78, 5) is 35.8. The third-order valence-corrected chi connectivity index (χ3v) is 9.74. The number of fused-ring (bicyclic) bond motifs is 3. The van der Waals surface area contributed by atoms with E-state index < -0.39 is 56.2 Å². The summed E-state index contributed by atoms with van der Waals surface area (Å²) in [5, 5.41) is 24.6. The first kappa shape index (κ1) is 31.4. The molecule has 12 nitrogen and oxygen atoms in total. The number of alkyl carbamates (subject to hydrolysis) is 1. The minimum Gasteiger partial charge on any atom is -0.480 e. The lowest BCUT2D eigenvalue weighted by Gasteiger charge is -2.31. The van der Waals surface area contributed by atoms with Gasteiger partial charge in [-0.2, -0.15) is 4.31 Å². The Morgan fingerprint density at radius 3 is 2.20 bits per heavy atom. The molecular weight excluding hydrogens is 602 g/mol. The van der Waals surface area contributed by atoms with Crippen molar-refractivity contribution >= 4 is 27.8 Å². The highest BCUT2D eigenvalue weighted by molar-refractivity contribution is 7.89. The van der Waals surface area contributed by atoms with Crippen LogP contribution in [0.3, 0.4) is 0 Å². The number of para-hydroxylation sites is 1. The number of hydrogen-bond acceptors (Lipinski definition) is 8. The van der Waals surface area contributed by atoms with Crippen LogP contribution >= 0.6 is 0 Å². The Kier molecular flexibility index (Phi) is 9.30. The standard InChI is InChI=1S/C32H31N3O9S/c1-2-21(33-32(38)44-20-27-25-13-5-3-11-23(25)24-12-4-6-14-26(24)27)19-34(29(31(36)37)18-22-10-9-17-43-22)45(41,42)30-16-8-7-15-28(30)35(39)40/h3-17,21,27,29H,2,18-20H2,1H3,(H,33,38)(H,36,37). The monoisotopic (exact) mass is 633 g/mol. The summed E-state index contributed by atoms with van der Waals surface area (Å²) in [5.74, 6) is -1.50. The summed E-state index contributed by atoms with van der Waals surface area (Å²) in [6.45, 7) is 1.20. The number of nitro groups is 1. The Bertz CT molecular complexity index is 1760. The molecule has 0 bridgehead atoms. The molecule has 1 aliphatic carbocycles. The van der Waals surface area contributed by atoms with Gasteiger partial charge in [-0.05, 0) is 46.9 Å². The first-order valence-corrected chi connectivity index (χ1v) is 15.7. The van der Waals surface area contributed by atoms with E-state index in [1.165, 1.54) is 30.5 Å². The lowest BCUT2D eigenvalue weighted by atomic mass is 9.98. The van der Waals surface area contributed by atoms with Crippen LogP contribution in [0.1, 0.15) is 36.1 Å². The first-order chi connectivity index (χ1) is 21.6. The van der Waals surface area contributed by atoms with Crippen LogP contribution < -0.4 is 5.32 Å². The Morgan fingerprint density at radius 2 is 1.62 bits per heavy atom. The van der Waals surface area contributed by atoms with E-state index in [0.29, 0.717) is 4.31 Å². The number of carboxylic acid groups (broad SMARTS) is 1. The molecule has 1 amide bonds. The van der Waals surface area contributed by atoms with Gasteiger partial charge < -0.3 is 19.6 Å². The maximum atomic E-state index is 14.0. The molecule has 1 heterocycles. The average Bonchev–Trinajstić information content (AvgIpc) is 3.67. The predicted octanol–water partition coefficient (Wildman–Crippen LogP) is 5.19. The molecule has 2 atom stereocenters. The summed E-state index contributed by atoms with van der Waals surface area (Å²) in [6.07, 6.45) is 0.344. The number of benzene rings is 3. The van der Waals surface area contributed by atoms with E-state index in [1.54, 1.807) is 6.92 Å². The average molecular weight is 634 g/mol. The topological polar surface area (TPSA) is 169 Å². The zero-order valence-electron chi connectivity index (χ0n) is 24.2. The summed E-state index contributed by atoms with van der Waals surface area (Å²) < 4.78 is 39.6. The van der Waals surface area contributed by atoms with Crippen molar-refractivity contribution in [3.8, 4) is 11.1 Å². The van der Waals surface area contributed by atoms with Crippen LogP contribution in [0.25, 0.3) is 11.1 Å². The molecule has 1 aromatic heterocycles. The van der Waals surface area contributed by atoms with Crippen LogP contribution in [-0.4, -0.2) is 60.1 Å². The van der Waals surface area contributed by atoms with Gasteiger partial charge in [0.15, 0.2) is 4.90 Å². The van der Waals surface area contributed by atoms with E-state index in [4.69, 9.17) is 9.15 Å². The largest absolute Gasteiger partial charge is 0.480 e. The van der Waals surface area contributed by atoms with Gasteiger partial charge in [0.25, 0.3) is 15.7 Å². The molecule has 1 aliphatic rings. The summed E-state index contributed by atoms with van der Waals surface area (Å²) in [6, 6.07) is 20.8. The highest BCUT2D eigenvalue weighted by Gasteiger charge is 2.41. The summed E-state index contributed by atoms with van der Waals surface area (Å²) >= 11 is 0. The summed E-state index contributed by atoms with van der Waals surface area (Å²) in [5.41, 5.74) is 3.44. The van der Waals surface area contributed by atoms with Crippen LogP contribution in [0, 0.1) is 10.1 Å². The van der Waals surface area contributed by atoms with Gasteiger partial charge in [0.05, 0.1) is 11.2 Å². The molecule has 13 heteroatoms. The molecule has 0 spiro atoms. The van der Waals surface area contributed by atoms with Crippen LogP contribution in [-0.2, 0) is 26.0 Å². The normalized spacial score (nSPS) is 13.9. The second kappa shape index (κ2) is 13.3. The molecule has 2 unspecified atom stereocenters. The van der Waals surface area contributed by atoms with Crippen LogP contribution in [0.4, 0.5) is 10.5 Å². The maximum Gasteiger partial charge on any atom is 0.407 e. The molecule has 4 aromatic rings. The number of sulfonamides is 1. The number of hydrogen-bond donors (Lipinski definition) is 2. The van der Waals surface area contributed by atoms with Crippen molar-refractivity contribution in [2.75, 3.05) is 13.2 Å². The third-order valence-electron chi connectivity index (χ3n) is 7.81. The zero-order chi connectivity index (χ0) is 32.1. The Morgan fingerprint density at radius 1 is 1.00 bits per heavy atom. The van der Waals surface area contributed by atoms with Crippen LogP contribution in [0.2, 0.25) is 0 Å². The predicted molar refractivity (Wildman–Crippen MR) is 163 cm³/mol. The van der Waals surface area contributed by atoms with E-state index >= 15 is 0 Å². The van der Waals surface area contributed by atoms with Crippen LogP contribution in [0.15, 0.2) is 101 Å². The second-order valence-corrected chi connectivity index (χ2v) is 12.4. The van der Waals surface area contributed by atoms with E-state index in [1.807, 2.05) is 48.5 Å². The molecule has 5 rings (SSSR count). The highest BCUT2D eigenvalue weighted by atomic mass is 32.2. The fraction of sp³-hybridized carbons (Fsp3) is 0.250. The number of furan rings is 1. The molecule has 0 fully saturated rings. The van der Waals surface area contributed by atoms with Crippen molar-refractivity contribution < 1.29 is 37.2 Å². The Labute approximate surface area is 259 Å². The van der Waals surface area contributed by atoms with Crippen molar-refractivity contribution in [2.45, 2.75) is 42.7 Å². The number of carbonyl (C=O) groups excluding carboxylic acids is 1. The fourth-order valence-corrected chi connectivity index (χ4v) is 7.36. The minimum absolute atomic E-state index is 0.0186. The second-order valence-electron chi connectivity index (χ2n) is 10.5. The van der Waals surface area contributed by atoms with Gasteiger partial charge in [0, 0.05) is 31.0 Å². The molecule has 3 aromatic carbocycles. The molecule has 0 radical (unpaired) electrons. The smallest absolute Gasteiger partial charge is 0.407 e. The van der Waals surface area contributed by atoms with E-state index in [9.17, 15) is 33.2 Å². The highest BCUT2D eigenvalue weighted by Crippen LogP contribution is 2.44.